The highest BCUT2D eigenvalue weighted by molar-refractivity contribution is 6.74. The van der Waals surface area contributed by atoms with Gasteiger partial charge in [-0.25, -0.2) is 0 Å². The monoisotopic (exact) mass is 352 g/mol. The first-order valence-corrected chi connectivity index (χ1v) is 11.8. The Labute approximate surface area is 144 Å². The Morgan fingerprint density at radius 3 is 2.50 bits per heavy atom. The maximum absolute atomic E-state index is 12.6. The topological polar surface area (TPSA) is 65.1 Å². The molecule has 2 fully saturated rings. The minimum atomic E-state index is -2.09. The summed E-state index contributed by atoms with van der Waals surface area (Å²) >= 11 is 0. The van der Waals surface area contributed by atoms with Gasteiger partial charge in [-0.05, 0) is 30.6 Å². The van der Waals surface area contributed by atoms with Crippen molar-refractivity contribution in [3.63, 3.8) is 0 Å². The number of ketones is 1. The summed E-state index contributed by atoms with van der Waals surface area (Å²) in [6.45, 7) is 12.8. The number of hydrogen-bond acceptors (Lipinski definition) is 5. The lowest BCUT2D eigenvalue weighted by Gasteiger charge is -2.42. The van der Waals surface area contributed by atoms with E-state index in [1.807, 2.05) is 13.0 Å². The van der Waals surface area contributed by atoms with Crippen molar-refractivity contribution < 1.29 is 23.5 Å². The summed E-state index contributed by atoms with van der Waals surface area (Å²) in [6.07, 6.45) is 2.01. The molecule has 24 heavy (non-hydrogen) atoms. The van der Waals surface area contributed by atoms with Gasteiger partial charge in [-0.2, -0.15) is 0 Å². The lowest BCUT2D eigenvalue weighted by molar-refractivity contribution is -0.157. The minimum Gasteiger partial charge on any atom is -0.458 e. The molecule has 1 aliphatic carbocycles. The normalized spacial score (nSPS) is 35.8. The maximum atomic E-state index is 12.6. The Morgan fingerprint density at radius 2 is 1.92 bits per heavy atom. The van der Waals surface area contributed by atoms with Crippen LogP contribution in [0.1, 0.15) is 40.5 Å². The number of hydrogen-bond donors (Lipinski definition) is 0. The Kier molecular flexibility index (Phi) is 4.29. The molecule has 0 N–H and O–H groups in total. The number of cyclic esters (lactones) is 1. The van der Waals surface area contributed by atoms with Gasteiger partial charge >= 0.3 is 5.97 Å². The molecule has 2 aliphatic heterocycles. The van der Waals surface area contributed by atoms with Crippen molar-refractivity contribution in [2.45, 2.75) is 83.1 Å². The average Bonchev–Trinajstić information content (AvgIpc) is 3.23. The van der Waals surface area contributed by atoms with Gasteiger partial charge in [-0.15, -0.1) is 0 Å². The fraction of sp³-hybridized carbons (Fsp3) is 0.778. The molecule has 2 heterocycles. The van der Waals surface area contributed by atoms with E-state index in [1.165, 1.54) is 0 Å². The van der Waals surface area contributed by atoms with Crippen LogP contribution in [0.2, 0.25) is 18.1 Å². The van der Waals surface area contributed by atoms with Gasteiger partial charge in [0.2, 0.25) is 0 Å². The van der Waals surface area contributed by atoms with Gasteiger partial charge in [0.1, 0.15) is 24.2 Å². The van der Waals surface area contributed by atoms with Crippen LogP contribution in [0.3, 0.4) is 0 Å². The Hall–Kier alpha value is -0.983. The summed E-state index contributed by atoms with van der Waals surface area (Å²) in [5.74, 6) is -1.03. The van der Waals surface area contributed by atoms with Crippen molar-refractivity contribution in [1.29, 1.82) is 0 Å². The van der Waals surface area contributed by atoms with E-state index in [1.54, 1.807) is 0 Å². The summed E-state index contributed by atoms with van der Waals surface area (Å²) in [7, 11) is -2.09. The molecule has 3 rings (SSSR count). The molecule has 5 atom stereocenters. The zero-order valence-electron chi connectivity index (χ0n) is 15.4. The van der Waals surface area contributed by atoms with E-state index in [2.05, 4.69) is 33.9 Å². The third-order valence-electron chi connectivity index (χ3n) is 5.75. The first-order valence-electron chi connectivity index (χ1n) is 8.86. The van der Waals surface area contributed by atoms with Crippen LogP contribution >= 0.6 is 0 Å². The zero-order chi connectivity index (χ0) is 17.9. The fourth-order valence-electron chi connectivity index (χ4n) is 3.25. The zero-order valence-corrected chi connectivity index (χ0v) is 16.4. The van der Waals surface area contributed by atoms with Gasteiger partial charge in [-0.1, -0.05) is 34.1 Å². The van der Waals surface area contributed by atoms with Gasteiger partial charge in [0.05, 0.1) is 6.10 Å². The number of fused-ring (bicyclic) bond motifs is 2. The van der Waals surface area contributed by atoms with E-state index in [4.69, 9.17) is 13.9 Å². The highest BCUT2D eigenvalue weighted by Gasteiger charge is 2.63. The molecule has 0 spiro atoms. The Balaban J connectivity index is 1.91. The van der Waals surface area contributed by atoms with E-state index < -0.39 is 26.4 Å². The van der Waals surface area contributed by atoms with Crippen LogP contribution in [-0.2, 0) is 23.5 Å². The van der Waals surface area contributed by atoms with E-state index in [9.17, 15) is 9.59 Å². The van der Waals surface area contributed by atoms with Crippen molar-refractivity contribution in [2.24, 2.45) is 5.92 Å². The largest absolute Gasteiger partial charge is 0.458 e. The van der Waals surface area contributed by atoms with Crippen molar-refractivity contribution in [1.82, 2.24) is 0 Å². The predicted molar refractivity (Wildman–Crippen MR) is 92.1 cm³/mol. The standard InChI is InChI=1S/C18H28O5Si/c1-7-8-10-9-11-12(17(20)21-10)14(16-15(22-16)13(11)19)23-24(5,6)18(2,3)4/h9-10,12,14-16H,7-8H2,1-6H3/t10-,12?,14+,15+,16-/m1/s1. The second-order valence-electron chi connectivity index (χ2n) is 8.59. The molecule has 0 aromatic carbocycles. The van der Waals surface area contributed by atoms with Crippen LogP contribution in [0.15, 0.2) is 11.6 Å². The number of epoxide rings is 1. The molecule has 5 nitrogen and oxygen atoms in total. The van der Waals surface area contributed by atoms with E-state index in [0.29, 0.717) is 5.57 Å². The Bertz CT molecular complexity index is 589. The van der Waals surface area contributed by atoms with Crippen LogP contribution in [-0.4, -0.2) is 44.5 Å². The highest BCUT2D eigenvalue weighted by Crippen LogP contribution is 2.48. The smallest absolute Gasteiger partial charge is 0.316 e. The average molecular weight is 353 g/mol. The number of carbonyl (C=O) groups excluding carboxylic acids is 2. The van der Waals surface area contributed by atoms with Crippen LogP contribution in [0, 0.1) is 5.92 Å². The lowest BCUT2D eigenvalue weighted by atomic mass is 9.79. The molecular weight excluding hydrogens is 324 g/mol. The van der Waals surface area contributed by atoms with E-state index in [0.717, 1.165) is 12.8 Å². The molecule has 0 bridgehead atoms. The minimum absolute atomic E-state index is 0.0199. The number of Topliss-reactive ketones (excluding diaryl/α,β-unsaturated/α-hetero) is 1. The van der Waals surface area contributed by atoms with E-state index in [-0.39, 0.29) is 29.0 Å². The van der Waals surface area contributed by atoms with Gasteiger partial charge in [0.25, 0.3) is 0 Å². The Morgan fingerprint density at radius 1 is 1.25 bits per heavy atom. The van der Waals surface area contributed by atoms with Crippen LogP contribution in [0.25, 0.3) is 0 Å². The number of esters is 1. The molecule has 0 amide bonds. The summed E-state index contributed by atoms with van der Waals surface area (Å²) in [6, 6.07) is 0. The summed E-state index contributed by atoms with van der Waals surface area (Å²) in [5.41, 5.74) is 0.548. The van der Waals surface area contributed by atoms with Gasteiger partial charge in [0, 0.05) is 5.57 Å². The molecule has 1 saturated heterocycles. The van der Waals surface area contributed by atoms with Crippen LogP contribution in [0.4, 0.5) is 0 Å². The first-order chi connectivity index (χ1) is 11.1. The predicted octanol–water partition coefficient (Wildman–Crippen LogP) is 3.00. The molecule has 0 aromatic rings. The van der Waals surface area contributed by atoms with Crippen LogP contribution < -0.4 is 0 Å². The second kappa shape index (κ2) is 5.78. The molecule has 134 valence electrons. The van der Waals surface area contributed by atoms with Gasteiger partial charge in [-0.3, -0.25) is 9.59 Å². The fourth-order valence-corrected chi connectivity index (χ4v) is 4.56. The molecule has 0 aromatic heterocycles. The third-order valence-corrected chi connectivity index (χ3v) is 10.2. The van der Waals surface area contributed by atoms with Crippen molar-refractivity contribution >= 4 is 20.1 Å². The third kappa shape index (κ3) is 2.89. The van der Waals surface area contributed by atoms with Gasteiger partial charge in [0.15, 0.2) is 14.1 Å². The highest BCUT2D eigenvalue weighted by atomic mass is 28.4. The molecular formula is C18H28O5Si. The number of carbonyl (C=O) groups is 2. The van der Waals surface area contributed by atoms with Gasteiger partial charge < -0.3 is 13.9 Å². The van der Waals surface area contributed by atoms with Crippen molar-refractivity contribution in [2.75, 3.05) is 0 Å². The molecule has 0 radical (unpaired) electrons. The second-order valence-corrected chi connectivity index (χ2v) is 13.3. The SMILES string of the molecule is CCC[C@@H]1C=C2C(=O)[C@@H]3O[C@@H]3[C@@H](O[Si](C)(C)C(C)(C)C)C2C(=O)O1. The summed E-state index contributed by atoms with van der Waals surface area (Å²) in [5, 5.41) is 0.0199. The molecule has 1 unspecified atom stereocenters. The summed E-state index contributed by atoms with van der Waals surface area (Å²) < 4.78 is 17.7. The molecule has 1 saturated carbocycles. The van der Waals surface area contributed by atoms with E-state index >= 15 is 0 Å². The lowest BCUT2D eigenvalue weighted by Crippen LogP contribution is -2.54. The van der Waals surface area contributed by atoms with Crippen molar-refractivity contribution in [3.8, 4) is 0 Å². The quantitative estimate of drug-likeness (QED) is 0.442. The number of ether oxygens (including phenoxy) is 2. The molecule has 3 aliphatic rings. The molecule has 6 heteroatoms. The van der Waals surface area contributed by atoms with Crippen LogP contribution in [0.5, 0.6) is 0 Å². The summed E-state index contributed by atoms with van der Waals surface area (Å²) in [4.78, 5) is 25.2. The van der Waals surface area contributed by atoms with Crippen molar-refractivity contribution in [3.05, 3.63) is 11.6 Å². The number of rotatable bonds is 4. The first kappa shape index (κ1) is 17.8. The maximum Gasteiger partial charge on any atom is 0.316 e.